The highest BCUT2D eigenvalue weighted by molar-refractivity contribution is 5.96. The first-order valence-corrected chi connectivity index (χ1v) is 6.79. The van der Waals surface area contributed by atoms with Crippen molar-refractivity contribution in [3.05, 3.63) is 30.0 Å². The van der Waals surface area contributed by atoms with Crippen molar-refractivity contribution in [1.82, 2.24) is 9.80 Å². The molecule has 1 aliphatic heterocycles. The molecule has 1 aromatic carbocycles. The molecule has 0 radical (unpaired) electrons. The monoisotopic (exact) mass is 273 g/mol. The third-order valence-corrected chi connectivity index (χ3v) is 3.93. The molecule has 2 N–H and O–H groups in total. The second kappa shape index (κ2) is 4.83. The van der Waals surface area contributed by atoms with Gasteiger partial charge in [-0.2, -0.15) is 0 Å². The number of benzene rings is 1. The van der Waals surface area contributed by atoms with Crippen LogP contribution < -0.4 is 5.73 Å². The molecule has 1 amide bonds. The molecule has 1 fully saturated rings. The number of likely N-dealkylation sites (N-methyl/N-ethyl adjacent to an activating group) is 1. The second-order valence-electron chi connectivity index (χ2n) is 5.57. The van der Waals surface area contributed by atoms with Crippen LogP contribution in [0.25, 0.3) is 11.0 Å². The highest BCUT2D eigenvalue weighted by Crippen LogP contribution is 2.24. The van der Waals surface area contributed by atoms with Gasteiger partial charge in [-0.15, -0.1) is 0 Å². The van der Waals surface area contributed by atoms with Crippen LogP contribution in [0.3, 0.4) is 0 Å². The average molecular weight is 273 g/mol. The van der Waals surface area contributed by atoms with Gasteiger partial charge < -0.3 is 20.0 Å². The summed E-state index contributed by atoms with van der Waals surface area (Å²) < 4.78 is 5.63. The van der Waals surface area contributed by atoms with Crippen molar-refractivity contribution in [2.45, 2.75) is 12.5 Å². The first-order chi connectivity index (χ1) is 9.54. The van der Waals surface area contributed by atoms with Gasteiger partial charge in [0.15, 0.2) is 5.76 Å². The van der Waals surface area contributed by atoms with Crippen LogP contribution in [-0.4, -0.2) is 48.9 Å². The van der Waals surface area contributed by atoms with Gasteiger partial charge in [0, 0.05) is 30.2 Å². The molecule has 106 valence electrons. The molecular weight excluding hydrogens is 254 g/mol. The first-order valence-electron chi connectivity index (χ1n) is 6.79. The number of nitrogens with two attached hydrogens (primary N) is 1. The van der Waals surface area contributed by atoms with Gasteiger partial charge in [0.1, 0.15) is 5.58 Å². The zero-order valence-electron chi connectivity index (χ0n) is 11.8. The van der Waals surface area contributed by atoms with E-state index in [0.29, 0.717) is 23.1 Å². The molecule has 1 aromatic heterocycles. The van der Waals surface area contributed by atoms with Gasteiger partial charge in [0.05, 0.1) is 0 Å². The highest BCUT2D eigenvalue weighted by atomic mass is 16.3. The van der Waals surface area contributed by atoms with Crippen LogP contribution in [0.5, 0.6) is 0 Å². The summed E-state index contributed by atoms with van der Waals surface area (Å²) in [4.78, 5) is 16.5. The molecule has 0 spiro atoms. The van der Waals surface area contributed by atoms with Crippen molar-refractivity contribution >= 4 is 22.6 Å². The van der Waals surface area contributed by atoms with E-state index < -0.39 is 0 Å². The standard InChI is InChI=1S/C15H19N3O2/c1-17(2)12-5-6-18(9-12)15(19)14-8-10-7-11(16)3-4-13(10)20-14/h3-4,7-8,12H,5-6,9,16H2,1-2H3. The third-order valence-electron chi connectivity index (χ3n) is 3.93. The van der Waals surface area contributed by atoms with Gasteiger partial charge >= 0.3 is 0 Å². The molecule has 20 heavy (non-hydrogen) atoms. The fourth-order valence-corrected chi connectivity index (χ4v) is 2.67. The lowest BCUT2D eigenvalue weighted by Crippen LogP contribution is -2.34. The molecular formula is C15H19N3O2. The minimum atomic E-state index is -0.0379. The van der Waals surface area contributed by atoms with E-state index in [-0.39, 0.29) is 5.91 Å². The number of furan rings is 1. The summed E-state index contributed by atoms with van der Waals surface area (Å²) in [5, 5.41) is 0.872. The van der Waals surface area contributed by atoms with Crippen LogP contribution in [0, 0.1) is 0 Å². The molecule has 1 saturated heterocycles. The van der Waals surface area contributed by atoms with Crippen LogP contribution >= 0.6 is 0 Å². The number of hydrogen-bond acceptors (Lipinski definition) is 4. The van der Waals surface area contributed by atoms with Gasteiger partial charge in [-0.25, -0.2) is 0 Å². The molecule has 2 aromatic rings. The van der Waals surface area contributed by atoms with Gasteiger partial charge in [-0.3, -0.25) is 4.79 Å². The van der Waals surface area contributed by atoms with Crippen LogP contribution in [0.4, 0.5) is 5.69 Å². The largest absolute Gasteiger partial charge is 0.451 e. The van der Waals surface area contributed by atoms with E-state index >= 15 is 0 Å². The molecule has 3 rings (SSSR count). The number of likely N-dealkylation sites (tertiary alicyclic amines) is 1. The Morgan fingerprint density at radius 3 is 2.90 bits per heavy atom. The third kappa shape index (κ3) is 2.25. The maximum atomic E-state index is 12.5. The van der Waals surface area contributed by atoms with Crippen molar-refractivity contribution in [3.63, 3.8) is 0 Å². The van der Waals surface area contributed by atoms with E-state index in [9.17, 15) is 4.79 Å². The maximum absolute atomic E-state index is 12.5. The summed E-state index contributed by atoms with van der Waals surface area (Å²) in [6.07, 6.45) is 1.01. The predicted molar refractivity (Wildman–Crippen MR) is 78.6 cm³/mol. The lowest BCUT2D eigenvalue weighted by atomic mass is 10.2. The van der Waals surface area contributed by atoms with Crippen LogP contribution in [0.15, 0.2) is 28.7 Å². The Kier molecular flexibility index (Phi) is 3.14. The summed E-state index contributed by atoms with van der Waals surface area (Å²) in [5.41, 5.74) is 7.11. The molecule has 2 heterocycles. The summed E-state index contributed by atoms with van der Waals surface area (Å²) >= 11 is 0. The summed E-state index contributed by atoms with van der Waals surface area (Å²) in [6, 6.07) is 7.60. The minimum absolute atomic E-state index is 0.0379. The average Bonchev–Trinajstić information content (AvgIpc) is 3.03. The Balaban J connectivity index is 1.82. The lowest BCUT2D eigenvalue weighted by molar-refractivity contribution is 0.0754. The minimum Gasteiger partial charge on any atom is -0.451 e. The topological polar surface area (TPSA) is 62.7 Å². The first kappa shape index (κ1) is 13.0. The van der Waals surface area contributed by atoms with E-state index in [1.54, 1.807) is 18.2 Å². The fourth-order valence-electron chi connectivity index (χ4n) is 2.67. The number of amides is 1. The number of carbonyl (C=O) groups is 1. The molecule has 0 saturated carbocycles. The van der Waals surface area contributed by atoms with Crippen molar-refractivity contribution in [3.8, 4) is 0 Å². The zero-order chi connectivity index (χ0) is 14.3. The number of nitrogen functional groups attached to an aromatic ring is 1. The number of hydrogen-bond donors (Lipinski definition) is 1. The summed E-state index contributed by atoms with van der Waals surface area (Å²) in [6.45, 7) is 1.53. The van der Waals surface area contributed by atoms with E-state index in [2.05, 4.69) is 4.90 Å². The molecule has 1 aliphatic rings. The Labute approximate surface area is 117 Å². The Bertz CT molecular complexity index is 648. The van der Waals surface area contributed by atoms with Gasteiger partial charge in [0.25, 0.3) is 5.91 Å². The van der Waals surface area contributed by atoms with Crippen molar-refractivity contribution in [2.24, 2.45) is 0 Å². The van der Waals surface area contributed by atoms with Crippen molar-refractivity contribution in [1.29, 1.82) is 0 Å². The van der Waals surface area contributed by atoms with Crippen LogP contribution in [0.1, 0.15) is 17.0 Å². The van der Waals surface area contributed by atoms with Gasteiger partial charge in [-0.05, 0) is 44.8 Å². The number of rotatable bonds is 2. The molecule has 0 bridgehead atoms. The number of fused-ring (bicyclic) bond motifs is 1. The molecule has 1 atom stereocenters. The highest BCUT2D eigenvalue weighted by Gasteiger charge is 2.29. The SMILES string of the molecule is CN(C)C1CCN(C(=O)c2cc3cc(N)ccc3o2)C1. The number of nitrogens with zero attached hydrogens (tertiary/aromatic N) is 2. The summed E-state index contributed by atoms with van der Waals surface area (Å²) in [5.74, 6) is 0.356. The molecule has 5 heteroatoms. The predicted octanol–water partition coefficient (Wildman–Crippen LogP) is 1.79. The van der Waals surface area contributed by atoms with Gasteiger partial charge in [0.2, 0.25) is 0 Å². The Morgan fingerprint density at radius 1 is 1.40 bits per heavy atom. The molecule has 5 nitrogen and oxygen atoms in total. The van der Waals surface area contributed by atoms with E-state index in [1.807, 2.05) is 25.1 Å². The van der Waals surface area contributed by atoms with Gasteiger partial charge in [-0.1, -0.05) is 0 Å². The Morgan fingerprint density at radius 2 is 2.20 bits per heavy atom. The quantitative estimate of drug-likeness (QED) is 0.847. The molecule has 0 aliphatic carbocycles. The number of anilines is 1. The lowest BCUT2D eigenvalue weighted by Gasteiger charge is -2.19. The van der Waals surface area contributed by atoms with E-state index in [0.717, 1.165) is 24.9 Å². The van der Waals surface area contributed by atoms with Crippen molar-refractivity contribution < 1.29 is 9.21 Å². The summed E-state index contributed by atoms with van der Waals surface area (Å²) in [7, 11) is 4.09. The normalized spacial score (nSPS) is 19.1. The second-order valence-corrected chi connectivity index (χ2v) is 5.57. The van der Waals surface area contributed by atoms with Crippen LogP contribution in [0.2, 0.25) is 0 Å². The fraction of sp³-hybridized carbons (Fsp3) is 0.400. The maximum Gasteiger partial charge on any atom is 0.289 e. The smallest absolute Gasteiger partial charge is 0.289 e. The molecule has 1 unspecified atom stereocenters. The Hall–Kier alpha value is -2.01. The van der Waals surface area contributed by atoms with Crippen molar-refractivity contribution in [2.75, 3.05) is 32.9 Å². The van der Waals surface area contributed by atoms with E-state index in [1.165, 1.54) is 0 Å². The van der Waals surface area contributed by atoms with Crippen LogP contribution in [-0.2, 0) is 0 Å². The van der Waals surface area contributed by atoms with E-state index in [4.69, 9.17) is 10.2 Å². The zero-order valence-corrected chi connectivity index (χ0v) is 11.8. The number of carbonyl (C=O) groups excluding carboxylic acids is 1.